The largest absolute Gasteiger partial charge is 0.505 e. The highest BCUT2D eigenvalue weighted by Gasteiger charge is 2.29. The van der Waals surface area contributed by atoms with E-state index in [4.69, 9.17) is 0 Å². The van der Waals surface area contributed by atoms with Crippen LogP contribution in [0.4, 0.5) is 17.1 Å². The van der Waals surface area contributed by atoms with Crippen LogP contribution in [-0.4, -0.2) is 36.1 Å². The monoisotopic (exact) mass is 383 g/mol. The number of rotatable bonds is 5. The van der Waals surface area contributed by atoms with Gasteiger partial charge >= 0.3 is 0 Å². The molecule has 0 aliphatic heterocycles. The van der Waals surface area contributed by atoms with Gasteiger partial charge < -0.3 is 20.6 Å². The Bertz CT molecular complexity index is 1030. The smallest absolute Gasteiger partial charge is 0.257 e. The first-order valence-electron chi connectivity index (χ1n) is 8.81. The van der Waals surface area contributed by atoms with Crippen LogP contribution < -0.4 is 21.5 Å². The molecule has 2 aromatic rings. The molecular weight excluding hydrogens is 358 g/mol. The lowest BCUT2D eigenvalue weighted by Gasteiger charge is -2.29. The van der Waals surface area contributed by atoms with Crippen molar-refractivity contribution in [3.05, 3.63) is 44.2 Å². The number of benzene rings is 1. The molecular formula is C21H25N3O4. The van der Waals surface area contributed by atoms with Gasteiger partial charge in [0.2, 0.25) is 0 Å². The summed E-state index contributed by atoms with van der Waals surface area (Å²) in [7, 11) is 3.14. The van der Waals surface area contributed by atoms with Gasteiger partial charge in [0.25, 0.3) is 16.8 Å². The van der Waals surface area contributed by atoms with E-state index in [0.29, 0.717) is 0 Å². The number of anilines is 3. The molecule has 0 fully saturated rings. The van der Waals surface area contributed by atoms with Gasteiger partial charge in [-0.2, -0.15) is 0 Å². The molecule has 1 unspecified atom stereocenters. The van der Waals surface area contributed by atoms with Gasteiger partial charge in [-0.05, 0) is 24.5 Å². The second-order valence-corrected chi connectivity index (χ2v) is 7.77. The van der Waals surface area contributed by atoms with Crippen LogP contribution in [0.5, 0.6) is 5.75 Å². The lowest BCUT2D eigenvalue weighted by molar-refractivity contribution is 0.0824. The number of para-hydroxylation sites is 1. The van der Waals surface area contributed by atoms with Crippen LogP contribution in [0.15, 0.2) is 27.8 Å². The Morgan fingerprint density at radius 3 is 2.29 bits per heavy atom. The van der Waals surface area contributed by atoms with Crippen LogP contribution in [0.25, 0.3) is 0 Å². The minimum absolute atomic E-state index is 0.0434. The topological polar surface area (TPSA) is 98.7 Å². The highest BCUT2D eigenvalue weighted by Crippen LogP contribution is 2.33. The van der Waals surface area contributed by atoms with Crippen LogP contribution in [0.3, 0.4) is 0 Å². The normalized spacial score (nSPS) is 12.1. The highest BCUT2D eigenvalue weighted by molar-refractivity contribution is 5.99. The average molecular weight is 383 g/mol. The fourth-order valence-corrected chi connectivity index (χ4v) is 2.60. The number of carbonyl (C=O) groups excluding carboxylic acids is 1. The molecule has 0 bridgehead atoms. The number of nitrogens with one attached hydrogen (secondary N) is 2. The summed E-state index contributed by atoms with van der Waals surface area (Å²) in [5, 5.41) is 16.3. The zero-order chi connectivity index (χ0) is 21.2. The molecule has 0 spiro atoms. The van der Waals surface area contributed by atoms with Gasteiger partial charge in [-0.25, -0.2) is 0 Å². The summed E-state index contributed by atoms with van der Waals surface area (Å²) in [4.78, 5) is 37.7. The lowest BCUT2D eigenvalue weighted by Crippen LogP contribution is -2.42. The molecule has 0 heterocycles. The van der Waals surface area contributed by atoms with E-state index in [9.17, 15) is 19.5 Å². The number of phenols is 1. The number of aromatic hydroxyl groups is 1. The SMILES string of the molecule is CC#CC(Nc1c(Nc2cccc(C(=O)N(C)C)c2O)c(=O)c1=O)C(C)(C)C. The molecule has 0 radical (unpaired) electrons. The first-order chi connectivity index (χ1) is 13.0. The van der Waals surface area contributed by atoms with Crippen molar-refractivity contribution in [1.29, 1.82) is 0 Å². The maximum Gasteiger partial charge on any atom is 0.257 e. The quantitative estimate of drug-likeness (QED) is 0.416. The maximum atomic E-state index is 12.2. The fourth-order valence-electron chi connectivity index (χ4n) is 2.60. The molecule has 1 atom stereocenters. The molecule has 28 heavy (non-hydrogen) atoms. The summed E-state index contributed by atoms with van der Waals surface area (Å²) in [6.45, 7) is 7.61. The predicted molar refractivity (Wildman–Crippen MR) is 111 cm³/mol. The zero-order valence-corrected chi connectivity index (χ0v) is 16.9. The number of amides is 1. The van der Waals surface area contributed by atoms with Crippen molar-refractivity contribution in [1.82, 2.24) is 4.90 Å². The van der Waals surface area contributed by atoms with Crippen molar-refractivity contribution in [2.45, 2.75) is 33.7 Å². The summed E-state index contributed by atoms with van der Waals surface area (Å²) in [5.41, 5.74) is -1.19. The van der Waals surface area contributed by atoms with E-state index < -0.39 is 10.9 Å². The number of hydrogen-bond acceptors (Lipinski definition) is 6. The molecule has 0 saturated heterocycles. The van der Waals surface area contributed by atoms with Gasteiger partial charge in [0.15, 0.2) is 5.75 Å². The van der Waals surface area contributed by atoms with Crippen molar-refractivity contribution >= 4 is 23.0 Å². The van der Waals surface area contributed by atoms with E-state index in [1.807, 2.05) is 20.8 Å². The van der Waals surface area contributed by atoms with Crippen molar-refractivity contribution < 1.29 is 9.90 Å². The van der Waals surface area contributed by atoms with Crippen molar-refractivity contribution in [3.63, 3.8) is 0 Å². The summed E-state index contributed by atoms with van der Waals surface area (Å²) in [5.74, 6) is 5.16. The Hall–Kier alpha value is -3.27. The van der Waals surface area contributed by atoms with Crippen molar-refractivity contribution in [2.75, 3.05) is 24.7 Å². The second kappa shape index (κ2) is 7.77. The maximum absolute atomic E-state index is 12.2. The summed E-state index contributed by atoms with van der Waals surface area (Å²) in [6, 6.07) is 4.24. The number of carbonyl (C=O) groups is 1. The van der Waals surface area contributed by atoms with Crippen LogP contribution in [0.2, 0.25) is 0 Å². The molecule has 0 aliphatic rings. The predicted octanol–water partition coefficient (Wildman–Crippen LogP) is 2.28. The highest BCUT2D eigenvalue weighted by atomic mass is 16.3. The molecule has 0 aliphatic carbocycles. The van der Waals surface area contributed by atoms with E-state index in [2.05, 4.69) is 22.5 Å². The Kier molecular flexibility index (Phi) is 5.84. The molecule has 2 aromatic carbocycles. The van der Waals surface area contributed by atoms with E-state index >= 15 is 0 Å². The fraction of sp³-hybridized carbons (Fsp3) is 0.381. The van der Waals surface area contributed by atoms with Gasteiger partial charge in [0.1, 0.15) is 11.4 Å². The standard InChI is InChI=1S/C21H25N3O4/c1-7-9-14(21(2,3)4)23-16-15(18(26)19(16)27)22-13-11-8-10-12(17(13)25)20(28)24(5)6/h8,10-11,14,22-23,25H,1-6H3. The Morgan fingerprint density at radius 1 is 1.14 bits per heavy atom. The van der Waals surface area contributed by atoms with Gasteiger partial charge in [0.05, 0.1) is 17.3 Å². The Balaban J connectivity index is 2.40. The summed E-state index contributed by atoms with van der Waals surface area (Å²) in [6.07, 6.45) is 0. The van der Waals surface area contributed by atoms with E-state index in [0.717, 1.165) is 0 Å². The van der Waals surface area contributed by atoms with Gasteiger partial charge in [-0.15, -0.1) is 5.92 Å². The third kappa shape index (κ3) is 4.01. The number of phenolic OH excluding ortho intramolecular Hbond substituents is 1. The molecule has 7 nitrogen and oxygen atoms in total. The molecule has 148 valence electrons. The van der Waals surface area contributed by atoms with E-state index in [1.165, 1.54) is 17.0 Å². The number of hydrogen-bond donors (Lipinski definition) is 3. The Morgan fingerprint density at radius 2 is 1.75 bits per heavy atom. The van der Waals surface area contributed by atoms with Crippen molar-refractivity contribution in [3.8, 4) is 17.6 Å². The van der Waals surface area contributed by atoms with Crippen molar-refractivity contribution in [2.24, 2.45) is 5.41 Å². The zero-order valence-electron chi connectivity index (χ0n) is 16.9. The first-order valence-corrected chi connectivity index (χ1v) is 8.81. The molecule has 1 amide bonds. The molecule has 0 saturated carbocycles. The van der Waals surface area contributed by atoms with Gasteiger partial charge in [0, 0.05) is 14.1 Å². The average Bonchev–Trinajstić information content (AvgIpc) is 2.62. The first kappa shape index (κ1) is 21.0. The van der Waals surface area contributed by atoms with Gasteiger partial charge in [-0.3, -0.25) is 14.4 Å². The number of nitrogens with zero attached hydrogens (tertiary/aromatic N) is 1. The van der Waals surface area contributed by atoms with E-state index in [-0.39, 0.29) is 45.7 Å². The molecule has 3 N–H and O–H groups in total. The summed E-state index contributed by atoms with van der Waals surface area (Å²) >= 11 is 0. The van der Waals surface area contributed by atoms with Crippen LogP contribution in [-0.2, 0) is 0 Å². The third-order valence-electron chi connectivity index (χ3n) is 4.29. The molecule has 2 rings (SSSR count). The minimum Gasteiger partial charge on any atom is -0.505 e. The molecule has 7 heteroatoms. The second-order valence-electron chi connectivity index (χ2n) is 7.77. The molecule has 0 aromatic heterocycles. The van der Waals surface area contributed by atoms with E-state index in [1.54, 1.807) is 27.1 Å². The van der Waals surface area contributed by atoms with Crippen LogP contribution in [0, 0.1) is 17.3 Å². The van der Waals surface area contributed by atoms with Gasteiger partial charge in [-0.1, -0.05) is 32.8 Å². The Labute approximate surface area is 164 Å². The third-order valence-corrected chi connectivity index (χ3v) is 4.29. The van der Waals surface area contributed by atoms with Crippen LogP contribution in [0.1, 0.15) is 38.1 Å². The van der Waals surface area contributed by atoms with Crippen LogP contribution >= 0.6 is 0 Å². The summed E-state index contributed by atoms with van der Waals surface area (Å²) < 4.78 is 0. The lowest BCUT2D eigenvalue weighted by atomic mass is 9.86. The minimum atomic E-state index is -0.691.